The number of ether oxygens (including phenoxy) is 1. The molecular weight excluding hydrogens is 360 g/mol. The first kappa shape index (κ1) is 19.2. The third kappa shape index (κ3) is 4.06. The number of carbonyl (C=O) groups excluding carboxylic acids is 3. The molecule has 1 aromatic heterocycles. The number of aromatic nitrogens is 3. The minimum absolute atomic E-state index is 0.0592. The van der Waals surface area contributed by atoms with Gasteiger partial charge < -0.3 is 10.1 Å². The van der Waals surface area contributed by atoms with E-state index in [1.807, 2.05) is 6.92 Å². The van der Waals surface area contributed by atoms with Crippen LogP contribution in [0.2, 0.25) is 0 Å². The molecule has 0 spiro atoms. The van der Waals surface area contributed by atoms with Gasteiger partial charge in [-0.15, -0.1) is 5.10 Å². The van der Waals surface area contributed by atoms with Crippen LogP contribution >= 0.6 is 0 Å². The van der Waals surface area contributed by atoms with Crippen LogP contribution in [0.5, 0.6) is 0 Å². The average molecular weight is 380 g/mol. The summed E-state index contributed by atoms with van der Waals surface area (Å²) in [6.07, 6.45) is -0.998. The van der Waals surface area contributed by atoms with E-state index in [4.69, 9.17) is 4.74 Å². The molecule has 2 aromatic carbocycles. The van der Waals surface area contributed by atoms with E-state index in [9.17, 15) is 14.4 Å². The topological polar surface area (TPSA) is 103 Å². The second-order valence-corrected chi connectivity index (χ2v) is 6.28. The van der Waals surface area contributed by atoms with Crippen LogP contribution in [0.25, 0.3) is 11.0 Å². The van der Waals surface area contributed by atoms with Crippen molar-refractivity contribution in [2.75, 3.05) is 5.32 Å². The van der Waals surface area contributed by atoms with Crippen LogP contribution in [0.15, 0.2) is 42.5 Å². The van der Waals surface area contributed by atoms with Gasteiger partial charge >= 0.3 is 5.97 Å². The first-order valence-electron chi connectivity index (χ1n) is 8.85. The number of rotatable bonds is 6. The number of benzene rings is 2. The molecular formula is C20H20N4O4. The third-order valence-electron chi connectivity index (χ3n) is 4.26. The number of nitrogens with zero attached hydrogens (tertiary/aromatic N) is 3. The van der Waals surface area contributed by atoms with Crippen LogP contribution in [-0.2, 0) is 16.1 Å². The Hall–Kier alpha value is -3.55. The molecule has 8 heteroatoms. The Kier molecular flexibility index (Phi) is 5.49. The lowest BCUT2D eigenvalue weighted by atomic mass is 10.1. The van der Waals surface area contributed by atoms with Crippen molar-refractivity contribution < 1.29 is 19.1 Å². The molecule has 0 bridgehead atoms. The summed E-state index contributed by atoms with van der Waals surface area (Å²) in [5, 5.41) is 10.7. The number of esters is 1. The monoisotopic (exact) mass is 380 g/mol. The van der Waals surface area contributed by atoms with Gasteiger partial charge in [-0.1, -0.05) is 5.21 Å². The van der Waals surface area contributed by atoms with Crippen molar-refractivity contribution in [2.24, 2.45) is 0 Å². The molecule has 0 saturated heterocycles. The molecule has 144 valence electrons. The molecule has 3 rings (SSSR count). The maximum atomic E-state index is 12.4. The van der Waals surface area contributed by atoms with E-state index in [1.165, 1.54) is 13.8 Å². The fourth-order valence-corrected chi connectivity index (χ4v) is 2.65. The van der Waals surface area contributed by atoms with Gasteiger partial charge in [-0.25, -0.2) is 9.48 Å². The van der Waals surface area contributed by atoms with Gasteiger partial charge in [0.25, 0.3) is 5.91 Å². The Bertz CT molecular complexity index is 1040. The fraction of sp³-hybridized carbons (Fsp3) is 0.250. The molecule has 0 fully saturated rings. The maximum absolute atomic E-state index is 12.4. The normalized spacial score (nSPS) is 11.8. The highest BCUT2D eigenvalue weighted by Gasteiger charge is 2.20. The predicted molar refractivity (Wildman–Crippen MR) is 103 cm³/mol. The molecule has 1 amide bonds. The van der Waals surface area contributed by atoms with Crippen molar-refractivity contribution in [3.05, 3.63) is 53.6 Å². The van der Waals surface area contributed by atoms with E-state index < -0.39 is 18.0 Å². The number of hydrogen-bond acceptors (Lipinski definition) is 6. The van der Waals surface area contributed by atoms with E-state index in [0.29, 0.717) is 28.9 Å². The highest BCUT2D eigenvalue weighted by Crippen LogP contribution is 2.16. The molecule has 3 aromatic rings. The van der Waals surface area contributed by atoms with Gasteiger partial charge in [0.15, 0.2) is 11.9 Å². The van der Waals surface area contributed by atoms with Crippen molar-refractivity contribution >= 4 is 34.4 Å². The Labute approximate surface area is 161 Å². The zero-order valence-corrected chi connectivity index (χ0v) is 15.8. The summed E-state index contributed by atoms with van der Waals surface area (Å²) >= 11 is 0. The number of nitrogens with one attached hydrogen (secondary N) is 1. The number of aryl methyl sites for hydroxylation is 1. The quantitative estimate of drug-likeness (QED) is 0.521. The predicted octanol–water partition coefficient (Wildman–Crippen LogP) is 2.84. The molecule has 0 unspecified atom stereocenters. The molecule has 1 N–H and O–H groups in total. The number of fused-ring (bicyclic) bond motifs is 1. The molecule has 1 atom stereocenters. The number of ketones is 1. The van der Waals surface area contributed by atoms with E-state index >= 15 is 0 Å². The zero-order chi connectivity index (χ0) is 20.3. The van der Waals surface area contributed by atoms with Crippen molar-refractivity contribution in [1.29, 1.82) is 0 Å². The summed E-state index contributed by atoms with van der Waals surface area (Å²) in [5.74, 6) is -1.15. The SMILES string of the molecule is CCn1nnc2cc(C(=O)O[C@H](C)C(=O)Nc3ccc(C(C)=O)cc3)ccc21. The van der Waals surface area contributed by atoms with E-state index in [-0.39, 0.29) is 5.78 Å². The molecule has 8 nitrogen and oxygen atoms in total. The van der Waals surface area contributed by atoms with Gasteiger partial charge in [0.2, 0.25) is 0 Å². The highest BCUT2D eigenvalue weighted by molar-refractivity contribution is 5.99. The van der Waals surface area contributed by atoms with E-state index in [0.717, 1.165) is 5.52 Å². The number of anilines is 1. The summed E-state index contributed by atoms with van der Waals surface area (Å²) < 4.78 is 6.97. The third-order valence-corrected chi connectivity index (χ3v) is 4.26. The average Bonchev–Trinajstić information content (AvgIpc) is 3.10. The lowest BCUT2D eigenvalue weighted by Crippen LogP contribution is -2.30. The van der Waals surface area contributed by atoms with Gasteiger partial charge in [-0.05, 0) is 63.2 Å². The fourth-order valence-electron chi connectivity index (χ4n) is 2.65. The maximum Gasteiger partial charge on any atom is 0.338 e. The minimum atomic E-state index is -0.998. The Balaban J connectivity index is 1.64. The largest absolute Gasteiger partial charge is 0.449 e. The number of hydrogen-bond donors (Lipinski definition) is 1. The van der Waals surface area contributed by atoms with Crippen LogP contribution in [0.1, 0.15) is 41.5 Å². The molecule has 1 heterocycles. The van der Waals surface area contributed by atoms with Crippen LogP contribution in [-0.4, -0.2) is 38.8 Å². The summed E-state index contributed by atoms with van der Waals surface area (Å²) in [7, 11) is 0. The van der Waals surface area contributed by atoms with E-state index in [1.54, 1.807) is 47.1 Å². The lowest BCUT2D eigenvalue weighted by molar-refractivity contribution is -0.123. The summed E-state index contributed by atoms with van der Waals surface area (Å²) in [6.45, 7) is 5.58. The number of amides is 1. The number of carbonyl (C=O) groups is 3. The first-order valence-corrected chi connectivity index (χ1v) is 8.85. The molecule has 0 radical (unpaired) electrons. The van der Waals surface area contributed by atoms with Crippen molar-refractivity contribution in [3.8, 4) is 0 Å². The Morgan fingerprint density at radius 1 is 1.11 bits per heavy atom. The summed E-state index contributed by atoms with van der Waals surface area (Å²) in [4.78, 5) is 35.9. The smallest absolute Gasteiger partial charge is 0.338 e. The van der Waals surface area contributed by atoms with Gasteiger partial charge in [0.05, 0.1) is 11.1 Å². The second-order valence-electron chi connectivity index (χ2n) is 6.28. The first-order chi connectivity index (χ1) is 13.4. The van der Waals surface area contributed by atoms with Crippen molar-refractivity contribution in [2.45, 2.75) is 33.4 Å². The standard InChI is InChI=1S/C20H20N4O4/c1-4-24-18-10-7-15(11-17(18)22-23-24)20(27)28-13(3)19(26)21-16-8-5-14(6-9-16)12(2)25/h5-11,13H,4H2,1-3H3,(H,21,26)/t13-/m1/s1. The lowest BCUT2D eigenvalue weighted by Gasteiger charge is -2.13. The summed E-state index contributed by atoms with van der Waals surface area (Å²) in [5.41, 5.74) is 2.75. The molecule has 0 aliphatic carbocycles. The molecule has 0 saturated carbocycles. The van der Waals surface area contributed by atoms with Crippen LogP contribution in [0.3, 0.4) is 0 Å². The van der Waals surface area contributed by atoms with Gasteiger partial charge in [-0.2, -0.15) is 0 Å². The number of Topliss-reactive ketones (excluding diaryl/α,β-unsaturated/α-hetero) is 1. The van der Waals surface area contributed by atoms with E-state index in [2.05, 4.69) is 15.6 Å². The van der Waals surface area contributed by atoms with Gasteiger partial charge in [0.1, 0.15) is 5.52 Å². The molecule has 0 aliphatic heterocycles. The van der Waals surface area contributed by atoms with Crippen LogP contribution in [0, 0.1) is 0 Å². The van der Waals surface area contributed by atoms with Crippen molar-refractivity contribution in [3.63, 3.8) is 0 Å². The van der Waals surface area contributed by atoms with Gasteiger partial charge in [-0.3, -0.25) is 9.59 Å². The van der Waals surface area contributed by atoms with Crippen LogP contribution < -0.4 is 5.32 Å². The minimum Gasteiger partial charge on any atom is -0.449 e. The van der Waals surface area contributed by atoms with Gasteiger partial charge in [0, 0.05) is 17.8 Å². The Morgan fingerprint density at radius 2 is 1.79 bits per heavy atom. The second kappa shape index (κ2) is 7.99. The summed E-state index contributed by atoms with van der Waals surface area (Å²) in [6, 6.07) is 11.4. The van der Waals surface area contributed by atoms with Crippen LogP contribution in [0.4, 0.5) is 5.69 Å². The zero-order valence-electron chi connectivity index (χ0n) is 15.8. The highest BCUT2D eigenvalue weighted by atomic mass is 16.5. The Morgan fingerprint density at radius 3 is 2.43 bits per heavy atom. The molecule has 28 heavy (non-hydrogen) atoms. The van der Waals surface area contributed by atoms with Crippen molar-refractivity contribution in [1.82, 2.24) is 15.0 Å². The molecule has 0 aliphatic rings.